The summed E-state index contributed by atoms with van der Waals surface area (Å²) in [6.45, 7) is 8.70. The lowest BCUT2D eigenvalue weighted by Gasteiger charge is -2.28. The van der Waals surface area contributed by atoms with Crippen molar-refractivity contribution in [2.45, 2.75) is 64.1 Å². The first-order chi connectivity index (χ1) is 9.50. The topological polar surface area (TPSA) is 21.3 Å². The number of ether oxygens (including phenoxy) is 1. The summed E-state index contributed by atoms with van der Waals surface area (Å²) in [5, 5.41) is 3.40. The maximum Gasteiger partial charge on any atom is 0.416 e. The molecule has 0 radical (unpaired) electrons. The van der Waals surface area contributed by atoms with Crippen molar-refractivity contribution in [2.75, 3.05) is 0 Å². The van der Waals surface area contributed by atoms with Gasteiger partial charge in [-0.05, 0) is 51.8 Å². The molecule has 1 N–H and O–H groups in total. The van der Waals surface area contributed by atoms with E-state index in [0.29, 0.717) is 6.54 Å². The van der Waals surface area contributed by atoms with E-state index in [0.717, 1.165) is 24.1 Å². The Hall–Kier alpha value is -1.07. The molecule has 0 saturated carbocycles. The third-order valence-corrected chi connectivity index (χ3v) is 3.91. The van der Waals surface area contributed by atoms with Gasteiger partial charge in [-0.3, -0.25) is 0 Å². The molecule has 1 aromatic rings. The van der Waals surface area contributed by atoms with E-state index in [1.54, 1.807) is 0 Å². The molecule has 0 amide bonds. The van der Waals surface area contributed by atoms with Gasteiger partial charge < -0.3 is 10.1 Å². The van der Waals surface area contributed by atoms with Crippen LogP contribution in [0.1, 0.15) is 45.2 Å². The molecule has 0 aromatic heterocycles. The number of nitrogens with one attached hydrogen (secondary N) is 1. The van der Waals surface area contributed by atoms with Crippen LogP contribution in [0.15, 0.2) is 24.3 Å². The number of halogens is 3. The molecule has 0 spiro atoms. The first-order valence-electron chi connectivity index (χ1n) is 7.09. The summed E-state index contributed by atoms with van der Waals surface area (Å²) >= 11 is 0. The highest BCUT2D eigenvalue weighted by atomic mass is 19.4. The van der Waals surface area contributed by atoms with Crippen LogP contribution in [-0.4, -0.2) is 17.2 Å². The Labute approximate surface area is 123 Å². The molecule has 1 fully saturated rings. The molecular weight excluding hydrogens is 279 g/mol. The molecular formula is C16H22F3NO. The van der Waals surface area contributed by atoms with Crippen molar-refractivity contribution in [1.29, 1.82) is 0 Å². The second-order valence-corrected chi connectivity index (χ2v) is 6.80. The molecule has 1 aliphatic heterocycles. The molecule has 0 bridgehead atoms. The maximum atomic E-state index is 12.5. The SMILES string of the molecule is CC1(C)CC(NCc2ccc(C(F)(F)F)cc2)C(C)(C)O1. The van der Waals surface area contributed by atoms with E-state index in [9.17, 15) is 13.2 Å². The van der Waals surface area contributed by atoms with Crippen LogP contribution in [0.4, 0.5) is 13.2 Å². The van der Waals surface area contributed by atoms with Crippen LogP contribution in [-0.2, 0) is 17.5 Å². The largest absolute Gasteiger partial charge is 0.416 e. The molecule has 0 aliphatic carbocycles. The van der Waals surface area contributed by atoms with Gasteiger partial charge >= 0.3 is 6.18 Å². The Morgan fingerprint density at radius 2 is 1.71 bits per heavy atom. The fraction of sp³-hybridized carbons (Fsp3) is 0.625. The smallest absolute Gasteiger partial charge is 0.368 e. The molecule has 1 atom stereocenters. The quantitative estimate of drug-likeness (QED) is 0.906. The predicted octanol–water partition coefficient (Wildman–Crippen LogP) is 4.14. The Kier molecular flexibility index (Phi) is 4.10. The summed E-state index contributed by atoms with van der Waals surface area (Å²) in [5.74, 6) is 0. The predicted molar refractivity (Wildman–Crippen MR) is 75.9 cm³/mol. The number of hydrogen-bond donors (Lipinski definition) is 1. The average molecular weight is 301 g/mol. The van der Waals surface area contributed by atoms with Crippen molar-refractivity contribution in [2.24, 2.45) is 0 Å². The summed E-state index contributed by atoms with van der Waals surface area (Å²) in [6, 6.07) is 5.46. The van der Waals surface area contributed by atoms with Crippen LogP contribution in [0.5, 0.6) is 0 Å². The average Bonchev–Trinajstić information content (AvgIpc) is 2.53. The second kappa shape index (κ2) is 5.29. The number of hydrogen-bond acceptors (Lipinski definition) is 2. The minimum atomic E-state index is -4.28. The summed E-state index contributed by atoms with van der Waals surface area (Å²) in [7, 11) is 0. The van der Waals surface area contributed by atoms with Crippen molar-refractivity contribution >= 4 is 0 Å². The normalized spacial score (nSPS) is 24.2. The molecule has 118 valence electrons. The lowest BCUT2D eigenvalue weighted by Crippen LogP contribution is -2.42. The second-order valence-electron chi connectivity index (χ2n) is 6.80. The highest BCUT2D eigenvalue weighted by Crippen LogP contribution is 2.37. The number of rotatable bonds is 3. The standard InChI is InChI=1S/C16H22F3NO/c1-14(2)9-13(15(3,4)21-14)20-10-11-5-7-12(8-6-11)16(17,18)19/h5-8,13,20H,9-10H2,1-4H3. The van der Waals surface area contributed by atoms with Gasteiger partial charge in [-0.1, -0.05) is 12.1 Å². The van der Waals surface area contributed by atoms with Gasteiger partial charge in [0, 0.05) is 12.6 Å². The molecule has 5 heteroatoms. The Bertz CT molecular complexity index is 491. The van der Waals surface area contributed by atoms with Crippen molar-refractivity contribution in [3.8, 4) is 0 Å². The molecule has 1 unspecified atom stereocenters. The monoisotopic (exact) mass is 301 g/mol. The first kappa shape index (κ1) is 16.3. The zero-order valence-electron chi connectivity index (χ0n) is 12.8. The molecule has 1 heterocycles. The molecule has 2 rings (SSSR count). The lowest BCUT2D eigenvalue weighted by molar-refractivity contribution is -0.137. The molecule has 1 aromatic carbocycles. The maximum absolute atomic E-state index is 12.5. The lowest BCUT2D eigenvalue weighted by atomic mass is 9.94. The van der Waals surface area contributed by atoms with E-state index in [1.807, 2.05) is 13.8 Å². The summed E-state index contributed by atoms with van der Waals surface area (Å²) in [6.07, 6.45) is -3.40. The van der Waals surface area contributed by atoms with Gasteiger partial charge in [0.25, 0.3) is 0 Å². The number of alkyl halides is 3. The van der Waals surface area contributed by atoms with Crippen molar-refractivity contribution in [3.05, 3.63) is 35.4 Å². The fourth-order valence-corrected chi connectivity index (χ4v) is 2.93. The van der Waals surface area contributed by atoms with Gasteiger partial charge in [-0.15, -0.1) is 0 Å². The van der Waals surface area contributed by atoms with Gasteiger partial charge in [-0.2, -0.15) is 13.2 Å². The van der Waals surface area contributed by atoms with E-state index in [2.05, 4.69) is 19.2 Å². The van der Waals surface area contributed by atoms with Crippen LogP contribution in [0, 0.1) is 0 Å². The highest BCUT2D eigenvalue weighted by molar-refractivity contribution is 5.24. The van der Waals surface area contributed by atoms with E-state index < -0.39 is 11.7 Å². The van der Waals surface area contributed by atoms with Gasteiger partial charge in [0.1, 0.15) is 0 Å². The molecule has 2 nitrogen and oxygen atoms in total. The minimum absolute atomic E-state index is 0.176. The third kappa shape index (κ3) is 3.98. The van der Waals surface area contributed by atoms with Crippen LogP contribution in [0.2, 0.25) is 0 Å². The van der Waals surface area contributed by atoms with Gasteiger partial charge in [0.2, 0.25) is 0 Å². The summed E-state index contributed by atoms with van der Waals surface area (Å²) in [4.78, 5) is 0. The zero-order chi connectivity index (χ0) is 15.9. The van der Waals surface area contributed by atoms with Gasteiger partial charge in [0.05, 0.1) is 16.8 Å². The van der Waals surface area contributed by atoms with Gasteiger partial charge in [0.15, 0.2) is 0 Å². The van der Waals surface area contributed by atoms with Gasteiger partial charge in [-0.25, -0.2) is 0 Å². The molecule has 1 saturated heterocycles. The summed E-state index contributed by atoms with van der Waals surface area (Å²) < 4.78 is 43.5. The van der Waals surface area contributed by atoms with Crippen molar-refractivity contribution in [3.63, 3.8) is 0 Å². The Morgan fingerprint density at radius 1 is 1.14 bits per heavy atom. The van der Waals surface area contributed by atoms with Crippen LogP contribution < -0.4 is 5.32 Å². The number of benzene rings is 1. The molecule has 21 heavy (non-hydrogen) atoms. The zero-order valence-corrected chi connectivity index (χ0v) is 12.8. The van der Waals surface area contributed by atoms with Crippen LogP contribution >= 0.6 is 0 Å². The highest BCUT2D eigenvalue weighted by Gasteiger charge is 2.45. The Morgan fingerprint density at radius 3 is 2.14 bits per heavy atom. The van der Waals surface area contributed by atoms with Crippen molar-refractivity contribution in [1.82, 2.24) is 5.32 Å². The van der Waals surface area contributed by atoms with Crippen LogP contribution in [0.3, 0.4) is 0 Å². The van der Waals surface area contributed by atoms with Crippen LogP contribution in [0.25, 0.3) is 0 Å². The minimum Gasteiger partial charge on any atom is -0.368 e. The van der Waals surface area contributed by atoms with E-state index in [4.69, 9.17) is 4.74 Å². The Balaban J connectivity index is 1.98. The van der Waals surface area contributed by atoms with E-state index in [-0.39, 0.29) is 17.2 Å². The fourth-order valence-electron chi connectivity index (χ4n) is 2.93. The summed E-state index contributed by atoms with van der Waals surface area (Å²) in [5.41, 5.74) is -0.239. The molecule has 1 aliphatic rings. The first-order valence-corrected chi connectivity index (χ1v) is 7.09. The van der Waals surface area contributed by atoms with Crippen molar-refractivity contribution < 1.29 is 17.9 Å². The van der Waals surface area contributed by atoms with E-state index >= 15 is 0 Å². The van der Waals surface area contributed by atoms with E-state index in [1.165, 1.54) is 12.1 Å². The third-order valence-electron chi connectivity index (χ3n) is 3.91.